The maximum Gasteiger partial charge on any atom is 0.195 e. The van der Waals surface area contributed by atoms with Crippen molar-refractivity contribution in [2.45, 2.75) is 31.1 Å². The highest BCUT2D eigenvalue weighted by atomic mass is 32.2. The highest BCUT2D eigenvalue weighted by Gasteiger charge is 2.31. The molecule has 6 heteroatoms. The van der Waals surface area contributed by atoms with Gasteiger partial charge in [0.15, 0.2) is 10.6 Å². The number of hydrogen-bond acceptors (Lipinski definition) is 4. The lowest BCUT2D eigenvalue weighted by Crippen LogP contribution is -2.24. The molecular formula is C13H16N4S2. The Balaban J connectivity index is 1.98. The van der Waals surface area contributed by atoms with Crippen LogP contribution in [0.25, 0.3) is 11.5 Å². The molecule has 3 rings (SSSR count). The van der Waals surface area contributed by atoms with Crippen molar-refractivity contribution in [1.29, 1.82) is 0 Å². The van der Waals surface area contributed by atoms with Crippen LogP contribution in [0.3, 0.4) is 0 Å². The van der Waals surface area contributed by atoms with E-state index in [0.717, 1.165) is 18.1 Å². The molecule has 0 spiro atoms. The summed E-state index contributed by atoms with van der Waals surface area (Å²) in [4.78, 5) is 4.36. The van der Waals surface area contributed by atoms with E-state index in [0.29, 0.717) is 4.77 Å². The van der Waals surface area contributed by atoms with Crippen LogP contribution in [0.4, 0.5) is 0 Å². The van der Waals surface area contributed by atoms with E-state index in [1.165, 1.54) is 18.6 Å². The molecule has 0 aliphatic carbocycles. The minimum atomic E-state index is 0.256. The van der Waals surface area contributed by atoms with Gasteiger partial charge >= 0.3 is 0 Å². The summed E-state index contributed by atoms with van der Waals surface area (Å²) in [6.07, 6.45) is 4.29. The fourth-order valence-electron chi connectivity index (χ4n) is 2.45. The van der Waals surface area contributed by atoms with Gasteiger partial charge in [-0.3, -0.25) is 14.6 Å². The van der Waals surface area contributed by atoms with Gasteiger partial charge in [-0.15, -0.1) is 0 Å². The van der Waals surface area contributed by atoms with Gasteiger partial charge in [-0.05, 0) is 49.9 Å². The zero-order valence-corrected chi connectivity index (χ0v) is 12.4. The van der Waals surface area contributed by atoms with E-state index in [9.17, 15) is 0 Å². The van der Waals surface area contributed by atoms with Crippen LogP contribution in [0.1, 0.15) is 19.8 Å². The molecule has 0 radical (unpaired) electrons. The number of hydrogen-bond donors (Lipinski definition) is 1. The maximum absolute atomic E-state index is 5.36. The number of aromatic amines is 1. The van der Waals surface area contributed by atoms with Crippen LogP contribution in [-0.2, 0) is 6.54 Å². The van der Waals surface area contributed by atoms with Gasteiger partial charge in [0.1, 0.15) is 5.69 Å². The molecule has 1 aliphatic heterocycles. The van der Waals surface area contributed by atoms with Crippen LogP contribution in [0, 0.1) is 4.77 Å². The van der Waals surface area contributed by atoms with Crippen molar-refractivity contribution in [3.63, 3.8) is 0 Å². The van der Waals surface area contributed by atoms with Gasteiger partial charge in [-0.2, -0.15) is 16.9 Å². The Morgan fingerprint density at radius 3 is 3.11 bits per heavy atom. The Morgan fingerprint density at radius 1 is 1.53 bits per heavy atom. The SMILES string of the molecule is CC1(Cn2c(-c3ccccn3)n[nH]c2=S)CCCS1. The third kappa shape index (κ3) is 2.60. The minimum absolute atomic E-state index is 0.256. The fourth-order valence-corrected chi connectivity index (χ4v) is 3.94. The molecule has 4 nitrogen and oxygen atoms in total. The topological polar surface area (TPSA) is 46.5 Å². The highest BCUT2D eigenvalue weighted by molar-refractivity contribution is 8.00. The van der Waals surface area contributed by atoms with Crippen molar-refractivity contribution in [3.8, 4) is 11.5 Å². The highest BCUT2D eigenvalue weighted by Crippen LogP contribution is 2.39. The summed E-state index contributed by atoms with van der Waals surface area (Å²) < 4.78 is 3.01. The van der Waals surface area contributed by atoms with Gasteiger partial charge in [-0.25, -0.2) is 0 Å². The molecular weight excluding hydrogens is 276 g/mol. The molecule has 1 aliphatic rings. The van der Waals surface area contributed by atoms with Gasteiger partial charge in [0.05, 0.1) is 0 Å². The monoisotopic (exact) mass is 292 g/mol. The van der Waals surface area contributed by atoms with Crippen molar-refractivity contribution in [3.05, 3.63) is 29.2 Å². The molecule has 1 saturated heterocycles. The smallest absolute Gasteiger partial charge is 0.195 e. The van der Waals surface area contributed by atoms with Crippen LogP contribution < -0.4 is 0 Å². The van der Waals surface area contributed by atoms with Crippen molar-refractivity contribution in [1.82, 2.24) is 19.7 Å². The molecule has 0 saturated carbocycles. The Hall–Kier alpha value is -1.14. The minimum Gasteiger partial charge on any atom is -0.297 e. The first-order chi connectivity index (χ1) is 9.18. The standard InChI is InChI=1S/C13H16N4S2/c1-13(6-4-8-19-13)9-17-11(15-16-12(17)18)10-5-2-3-7-14-10/h2-3,5,7H,4,6,8-9H2,1H3,(H,16,18). The first-order valence-electron chi connectivity index (χ1n) is 6.39. The van der Waals surface area contributed by atoms with Crippen LogP contribution >= 0.6 is 24.0 Å². The zero-order valence-electron chi connectivity index (χ0n) is 10.8. The van der Waals surface area contributed by atoms with E-state index < -0.39 is 0 Å². The molecule has 1 N–H and O–H groups in total. The second-order valence-electron chi connectivity index (χ2n) is 5.06. The molecule has 19 heavy (non-hydrogen) atoms. The van der Waals surface area contributed by atoms with Gasteiger partial charge in [0.2, 0.25) is 0 Å². The number of nitrogens with one attached hydrogen (secondary N) is 1. The molecule has 1 atom stereocenters. The molecule has 2 aromatic rings. The van der Waals surface area contributed by atoms with E-state index in [-0.39, 0.29) is 4.75 Å². The molecule has 100 valence electrons. The average Bonchev–Trinajstić information content (AvgIpc) is 2.99. The molecule has 2 aromatic heterocycles. The quantitative estimate of drug-likeness (QED) is 0.882. The number of H-pyrrole nitrogens is 1. The van der Waals surface area contributed by atoms with E-state index in [4.69, 9.17) is 12.2 Å². The number of nitrogens with zero attached hydrogens (tertiary/aromatic N) is 3. The lowest BCUT2D eigenvalue weighted by molar-refractivity contribution is 0.509. The third-order valence-corrected chi connectivity index (χ3v) is 5.28. The predicted octanol–water partition coefficient (Wildman–Crippen LogP) is 3.29. The molecule has 1 fully saturated rings. The van der Waals surface area contributed by atoms with Crippen molar-refractivity contribution in [2.75, 3.05) is 5.75 Å². The lowest BCUT2D eigenvalue weighted by atomic mass is 10.1. The summed E-state index contributed by atoms with van der Waals surface area (Å²) >= 11 is 7.39. The van der Waals surface area contributed by atoms with Crippen LogP contribution in [0.15, 0.2) is 24.4 Å². The molecule has 0 aromatic carbocycles. The maximum atomic E-state index is 5.36. The number of thioether (sulfide) groups is 1. The van der Waals surface area contributed by atoms with Gasteiger partial charge in [0, 0.05) is 17.5 Å². The third-order valence-electron chi connectivity index (χ3n) is 3.45. The van der Waals surface area contributed by atoms with Gasteiger partial charge < -0.3 is 0 Å². The Morgan fingerprint density at radius 2 is 2.42 bits per heavy atom. The predicted molar refractivity (Wildman–Crippen MR) is 80.7 cm³/mol. The van der Waals surface area contributed by atoms with Crippen molar-refractivity contribution >= 4 is 24.0 Å². The molecule has 3 heterocycles. The van der Waals surface area contributed by atoms with Crippen LogP contribution in [-0.4, -0.2) is 30.2 Å². The number of aromatic nitrogens is 4. The summed E-state index contributed by atoms with van der Waals surface area (Å²) in [5, 5.41) is 7.23. The Kier molecular flexibility index (Phi) is 3.45. The second-order valence-corrected chi connectivity index (χ2v) is 7.12. The van der Waals surface area contributed by atoms with Crippen LogP contribution in [0.5, 0.6) is 0 Å². The number of rotatable bonds is 3. The summed E-state index contributed by atoms with van der Waals surface area (Å²) in [6, 6.07) is 5.84. The van der Waals surface area contributed by atoms with Gasteiger partial charge in [-0.1, -0.05) is 6.07 Å². The number of pyridine rings is 1. The molecule has 1 unspecified atom stereocenters. The average molecular weight is 292 g/mol. The fraction of sp³-hybridized carbons (Fsp3) is 0.462. The largest absolute Gasteiger partial charge is 0.297 e. The van der Waals surface area contributed by atoms with Crippen molar-refractivity contribution in [2.24, 2.45) is 0 Å². The summed E-state index contributed by atoms with van der Waals surface area (Å²) in [6.45, 7) is 3.19. The normalized spacial score (nSPS) is 22.8. The van der Waals surface area contributed by atoms with Crippen molar-refractivity contribution < 1.29 is 0 Å². The molecule has 0 amide bonds. The van der Waals surface area contributed by atoms with E-state index in [2.05, 4.69) is 26.7 Å². The summed E-state index contributed by atoms with van der Waals surface area (Å²) in [7, 11) is 0. The summed E-state index contributed by atoms with van der Waals surface area (Å²) in [5.74, 6) is 2.07. The van der Waals surface area contributed by atoms with E-state index >= 15 is 0 Å². The van der Waals surface area contributed by atoms with Crippen LogP contribution in [0.2, 0.25) is 0 Å². The first kappa shape index (κ1) is 12.9. The lowest BCUT2D eigenvalue weighted by Gasteiger charge is -2.23. The first-order valence-corrected chi connectivity index (χ1v) is 7.78. The van der Waals surface area contributed by atoms with Gasteiger partial charge in [0.25, 0.3) is 0 Å². The van der Waals surface area contributed by atoms with E-state index in [1.807, 2.05) is 30.0 Å². The zero-order chi connectivity index (χ0) is 13.3. The Labute approximate surface area is 121 Å². The molecule has 0 bridgehead atoms. The van der Waals surface area contributed by atoms with E-state index in [1.54, 1.807) is 6.20 Å². The summed E-state index contributed by atoms with van der Waals surface area (Å²) in [5.41, 5.74) is 0.862. The Bertz CT molecular complexity index is 611. The second kappa shape index (κ2) is 5.09.